The highest BCUT2D eigenvalue weighted by atomic mass is 19.4. The number of fused-ring (bicyclic) bond motifs is 1. The number of carbonyl (C=O) groups excluding carboxylic acids is 1. The van der Waals surface area contributed by atoms with E-state index in [4.69, 9.17) is 0 Å². The van der Waals surface area contributed by atoms with Crippen LogP contribution in [0.1, 0.15) is 36.7 Å². The summed E-state index contributed by atoms with van der Waals surface area (Å²) < 4.78 is 43.2. The number of benzene rings is 2. The average molecular weight is 419 g/mol. The summed E-state index contributed by atoms with van der Waals surface area (Å²) in [6.07, 6.45) is -2.35. The first-order valence-corrected chi connectivity index (χ1v) is 9.46. The van der Waals surface area contributed by atoms with Crippen molar-refractivity contribution in [2.24, 2.45) is 0 Å². The Bertz CT molecular complexity index is 1110. The van der Waals surface area contributed by atoms with E-state index < -0.39 is 18.0 Å². The number of unbranched alkanes of at least 4 members (excludes halogenated alkanes) is 2. The predicted molar refractivity (Wildman–Crippen MR) is 107 cm³/mol. The van der Waals surface area contributed by atoms with Crippen molar-refractivity contribution in [2.75, 3.05) is 5.32 Å². The van der Waals surface area contributed by atoms with E-state index in [9.17, 15) is 22.8 Å². The maximum absolute atomic E-state index is 12.9. The van der Waals surface area contributed by atoms with Crippen LogP contribution in [0.15, 0.2) is 53.3 Å². The molecule has 1 heterocycles. The number of anilines is 1. The first-order valence-electron chi connectivity index (χ1n) is 9.46. The fourth-order valence-electron chi connectivity index (χ4n) is 3.03. The van der Waals surface area contributed by atoms with Crippen LogP contribution in [0.25, 0.3) is 10.8 Å². The zero-order valence-electron chi connectivity index (χ0n) is 16.2. The van der Waals surface area contributed by atoms with Gasteiger partial charge in [-0.15, -0.1) is 13.2 Å². The van der Waals surface area contributed by atoms with Crippen molar-refractivity contribution in [3.8, 4) is 5.75 Å². The van der Waals surface area contributed by atoms with Crippen molar-refractivity contribution < 1.29 is 22.7 Å². The van der Waals surface area contributed by atoms with Crippen LogP contribution in [-0.2, 0) is 6.54 Å². The van der Waals surface area contributed by atoms with E-state index in [1.807, 2.05) is 6.92 Å². The zero-order valence-corrected chi connectivity index (χ0v) is 16.2. The molecule has 0 saturated carbocycles. The van der Waals surface area contributed by atoms with Crippen molar-refractivity contribution in [1.29, 1.82) is 0 Å². The maximum Gasteiger partial charge on any atom is 0.573 e. The van der Waals surface area contributed by atoms with Crippen LogP contribution in [0.4, 0.5) is 18.9 Å². The molecular formula is C21H20F3N3O3. The second-order valence-electron chi connectivity index (χ2n) is 6.63. The lowest BCUT2D eigenvalue weighted by Gasteiger charge is -2.15. The molecule has 1 amide bonds. The largest absolute Gasteiger partial charge is 0.573 e. The fourth-order valence-corrected chi connectivity index (χ4v) is 3.03. The number of halogens is 3. The molecule has 2 aromatic carbocycles. The molecule has 0 radical (unpaired) electrons. The van der Waals surface area contributed by atoms with Gasteiger partial charge in [0.25, 0.3) is 11.5 Å². The van der Waals surface area contributed by atoms with Crippen molar-refractivity contribution in [2.45, 2.75) is 39.1 Å². The molecule has 30 heavy (non-hydrogen) atoms. The van der Waals surface area contributed by atoms with Gasteiger partial charge in [0.05, 0.1) is 11.1 Å². The summed E-state index contributed by atoms with van der Waals surface area (Å²) in [5.74, 6) is -1.28. The van der Waals surface area contributed by atoms with Gasteiger partial charge in [0, 0.05) is 11.9 Å². The van der Waals surface area contributed by atoms with E-state index in [-0.39, 0.29) is 16.9 Å². The number of nitrogens with one attached hydrogen (secondary N) is 1. The number of hydrogen-bond donors (Lipinski definition) is 1. The van der Waals surface area contributed by atoms with Gasteiger partial charge in [-0.05, 0) is 24.6 Å². The van der Waals surface area contributed by atoms with E-state index in [1.54, 1.807) is 24.3 Å². The summed E-state index contributed by atoms with van der Waals surface area (Å²) in [5, 5.41) is 7.25. The Kier molecular flexibility index (Phi) is 6.39. The Hall–Kier alpha value is -3.36. The Morgan fingerprint density at radius 1 is 1.07 bits per heavy atom. The van der Waals surface area contributed by atoms with E-state index in [0.29, 0.717) is 23.7 Å². The van der Waals surface area contributed by atoms with Crippen LogP contribution in [0.3, 0.4) is 0 Å². The van der Waals surface area contributed by atoms with Crippen molar-refractivity contribution in [3.05, 3.63) is 64.6 Å². The first kappa shape index (κ1) is 21.4. The summed E-state index contributed by atoms with van der Waals surface area (Å²) in [6, 6.07) is 11.7. The number of rotatable bonds is 7. The van der Waals surface area contributed by atoms with Crippen LogP contribution < -0.4 is 15.6 Å². The third-order valence-corrected chi connectivity index (χ3v) is 4.42. The van der Waals surface area contributed by atoms with Crippen molar-refractivity contribution >= 4 is 22.4 Å². The number of alkyl halides is 3. The number of ether oxygens (including phenoxy) is 1. The van der Waals surface area contributed by atoms with Crippen LogP contribution in [0, 0.1) is 0 Å². The molecule has 0 spiro atoms. The smallest absolute Gasteiger partial charge is 0.404 e. The van der Waals surface area contributed by atoms with E-state index >= 15 is 0 Å². The summed E-state index contributed by atoms with van der Waals surface area (Å²) in [4.78, 5) is 25.6. The number of aryl methyl sites for hydroxylation is 1. The first-order chi connectivity index (χ1) is 14.3. The van der Waals surface area contributed by atoms with Crippen LogP contribution in [0.2, 0.25) is 0 Å². The molecule has 1 aromatic heterocycles. The molecule has 1 N–H and O–H groups in total. The fraction of sp³-hybridized carbons (Fsp3) is 0.286. The third kappa shape index (κ3) is 4.97. The van der Waals surface area contributed by atoms with Gasteiger partial charge in [-0.25, -0.2) is 4.68 Å². The molecule has 0 saturated heterocycles. The normalized spacial score (nSPS) is 11.5. The molecule has 0 atom stereocenters. The van der Waals surface area contributed by atoms with Gasteiger partial charge in [0.1, 0.15) is 0 Å². The number of nitrogens with zero attached hydrogens (tertiary/aromatic N) is 2. The van der Waals surface area contributed by atoms with Crippen molar-refractivity contribution in [3.63, 3.8) is 0 Å². The molecule has 3 rings (SSSR count). The Balaban J connectivity index is 1.99. The lowest BCUT2D eigenvalue weighted by Crippen LogP contribution is -2.28. The van der Waals surface area contributed by atoms with Gasteiger partial charge in [0.2, 0.25) is 0 Å². The van der Waals surface area contributed by atoms with Gasteiger partial charge in [-0.3, -0.25) is 9.59 Å². The maximum atomic E-state index is 12.9. The minimum absolute atomic E-state index is 0.0523. The molecule has 0 aliphatic rings. The molecule has 0 aliphatic carbocycles. The number of carbonyl (C=O) groups is 1. The highest BCUT2D eigenvalue weighted by Gasteiger charge is 2.32. The summed E-state index contributed by atoms with van der Waals surface area (Å²) in [5.41, 5.74) is -0.531. The predicted octanol–water partition coefficient (Wildman–Crippen LogP) is 4.74. The standard InChI is InChI=1S/C21H20F3N3O3/c1-2-3-8-13-27-20(29)15-10-5-4-9-14(15)18(26-27)19(28)25-16-11-6-7-12-17(16)30-21(22,23)24/h4-7,9-12H,2-3,8,13H2,1H3,(H,25,28). The van der Waals surface area contributed by atoms with Gasteiger partial charge in [-0.1, -0.05) is 50.1 Å². The quantitative estimate of drug-likeness (QED) is 0.562. The molecular weight excluding hydrogens is 399 g/mol. The van der Waals surface area contributed by atoms with Gasteiger partial charge in [-0.2, -0.15) is 5.10 Å². The van der Waals surface area contributed by atoms with E-state index in [2.05, 4.69) is 15.2 Å². The van der Waals surface area contributed by atoms with Gasteiger partial charge in [0.15, 0.2) is 11.4 Å². The average Bonchev–Trinajstić information content (AvgIpc) is 2.70. The van der Waals surface area contributed by atoms with Crippen LogP contribution in [-0.4, -0.2) is 22.1 Å². The summed E-state index contributed by atoms with van der Waals surface area (Å²) >= 11 is 0. The Morgan fingerprint density at radius 3 is 2.43 bits per heavy atom. The molecule has 6 nitrogen and oxygen atoms in total. The molecule has 9 heteroatoms. The molecule has 0 aliphatic heterocycles. The topological polar surface area (TPSA) is 73.2 Å². The number of amides is 1. The summed E-state index contributed by atoms with van der Waals surface area (Å²) in [7, 11) is 0. The molecule has 3 aromatic rings. The molecule has 0 bridgehead atoms. The minimum Gasteiger partial charge on any atom is -0.404 e. The second kappa shape index (κ2) is 8.98. The van der Waals surface area contributed by atoms with E-state index in [1.165, 1.54) is 22.9 Å². The van der Waals surface area contributed by atoms with Crippen molar-refractivity contribution in [1.82, 2.24) is 9.78 Å². The van der Waals surface area contributed by atoms with Crippen LogP contribution in [0.5, 0.6) is 5.75 Å². The number of aromatic nitrogens is 2. The highest BCUT2D eigenvalue weighted by molar-refractivity contribution is 6.11. The Labute approximate surface area is 170 Å². The lowest BCUT2D eigenvalue weighted by atomic mass is 10.1. The SMILES string of the molecule is CCCCCn1nc(C(=O)Nc2ccccc2OC(F)(F)F)c2ccccc2c1=O. The number of hydrogen-bond acceptors (Lipinski definition) is 4. The minimum atomic E-state index is -4.90. The van der Waals surface area contributed by atoms with Crippen LogP contribution >= 0.6 is 0 Å². The monoisotopic (exact) mass is 419 g/mol. The van der Waals surface area contributed by atoms with E-state index in [0.717, 1.165) is 18.9 Å². The molecule has 0 unspecified atom stereocenters. The number of para-hydroxylation sites is 2. The Morgan fingerprint density at radius 2 is 1.73 bits per heavy atom. The lowest BCUT2D eigenvalue weighted by molar-refractivity contribution is -0.274. The third-order valence-electron chi connectivity index (χ3n) is 4.42. The zero-order chi connectivity index (χ0) is 21.7. The molecule has 158 valence electrons. The van der Waals surface area contributed by atoms with Gasteiger partial charge >= 0.3 is 6.36 Å². The summed E-state index contributed by atoms with van der Waals surface area (Å²) in [6.45, 7) is 2.36. The molecule has 0 fully saturated rings. The second-order valence-corrected chi connectivity index (χ2v) is 6.63. The highest BCUT2D eigenvalue weighted by Crippen LogP contribution is 2.30. The van der Waals surface area contributed by atoms with Gasteiger partial charge < -0.3 is 10.1 Å².